The summed E-state index contributed by atoms with van der Waals surface area (Å²) in [6.45, 7) is 11.3. The molecule has 0 radical (unpaired) electrons. The van der Waals surface area contributed by atoms with E-state index in [1.165, 1.54) is 0 Å². The van der Waals surface area contributed by atoms with Crippen LogP contribution in [0.15, 0.2) is 36.1 Å². The predicted octanol–water partition coefficient (Wildman–Crippen LogP) is 2.37. The van der Waals surface area contributed by atoms with Gasteiger partial charge >= 0.3 is 0 Å². The Hall–Kier alpha value is -0.980. The van der Waals surface area contributed by atoms with Crippen LogP contribution in [0, 0.1) is 0 Å². The first-order chi connectivity index (χ1) is 4.63. The van der Waals surface area contributed by atoms with E-state index in [1.807, 2.05) is 13.8 Å². The molecule has 0 unspecified atom stereocenters. The molecule has 0 aromatic carbocycles. The van der Waals surface area contributed by atoms with E-state index in [4.69, 9.17) is 5.73 Å². The Balaban J connectivity index is 4.59. The van der Waals surface area contributed by atoms with Gasteiger partial charge in [-0.1, -0.05) is 26.2 Å². The fourth-order valence-corrected chi connectivity index (χ4v) is 0.719. The third-order valence-corrected chi connectivity index (χ3v) is 1.43. The van der Waals surface area contributed by atoms with Crippen molar-refractivity contribution in [1.29, 1.82) is 0 Å². The van der Waals surface area contributed by atoms with Gasteiger partial charge < -0.3 is 5.73 Å². The molecular formula is C9H15N. The van der Waals surface area contributed by atoms with Crippen molar-refractivity contribution < 1.29 is 0 Å². The predicted molar refractivity (Wildman–Crippen MR) is 46.5 cm³/mol. The fourth-order valence-electron chi connectivity index (χ4n) is 0.719. The van der Waals surface area contributed by atoms with Crippen molar-refractivity contribution in [2.75, 3.05) is 0 Å². The fraction of sp³-hybridized carbons (Fsp3) is 0.333. The second kappa shape index (κ2) is 3.94. The van der Waals surface area contributed by atoms with Gasteiger partial charge in [0.2, 0.25) is 0 Å². The molecule has 0 heterocycles. The topological polar surface area (TPSA) is 26.0 Å². The summed E-state index contributed by atoms with van der Waals surface area (Å²) in [6, 6.07) is 0. The molecule has 2 N–H and O–H groups in total. The van der Waals surface area contributed by atoms with Gasteiger partial charge in [0, 0.05) is 5.70 Å². The van der Waals surface area contributed by atoms with Gasteiger partial charge in [-0.15, -0.1) is 0 Å². The maximum absolute atomic E-state index is 5.69. The van der Waals surface area contributed by atoms with Gasteiger partial charge in [-0.2, -0.15) is 0 Å². The summed E-state index contributed by atoms with van der Waals surface area (Å²) >= 11 is 0. The van der Waals surface area contributed by atoms with Gasteiger partial charge in [0.05, 0.1) is 0 Å². The van der Waals surface area contributed by atoms with Gasteiger partial charge in [0.25, 0.3) is 0 Å². The standard InChI is InChI=1S/C9H15N/c1-5-8(6-2)9(10)7(3)4/h5H,1,3,6,10H2,2,4H3/b9-8-. The van der Waals surface area contributed by atoms with Crippen LogP contribution >= 0.6 is 0 Å². The molecule has 0 saturated heterocycles. The minimum atomic E-state index is 0.775. The molecule has 1 nitrogen and oxygen atoms in total. The monoisotopic (exact) mass is 137 g/mol. The quantitative estimate of drug-likeness (QED) is 0.594. The largest absolute Gasteiger partial charge is 0.398 e. The normalized spacial score (nSPS) is 12.2. The molecular weight excluding hydrogens is 122 g/mol. The van der Waals surface area contributed by atoms with Gasteiger partial charge in [0.15, 0.2) is 0 Å². The SMILES string of the molecule is C=C/C(CC)=C(/N)C(=C)C. The Morgan fingerprint density at radius 2 is 2.10 bits per heavy atom. The molecule has 0 fully saturated rings. The molecule has 56 valence electrons. The zero-order chi connectivity index (χ0) is 8.15. The van der Waals surface area contributed by atoms with Gasteiger partial charge in [-0.3, -0.25) is 0 Å². The molecule has 10 heavy (non-hydrogen) atoms. The molecule has 0 rings (SSSR count). The Kier molecular flexibility index (Phi) is 3.55. The molecule has 0 aromatic rings. The lowest BCUT2D eigenvalue weighted by molar-refractivity contribution is 1.09. The highest BCUT2D eigenvalue weighted by atomic mass is 14.6. The van der Waals surface area contributed by atoms with E-state index >= 15 is 0 Å². The highest BCUT2D eigenvalue weighted by Crippen LogP contribution is 2.10. The molecule has 0 aliphatic carbocycles. The van der Waals surface area contributed by atoms with Crippen LogP contribution in [0.1, 0.15) is 20.3 Å². The molecule has 0 bridgehead atoms. The van der Waals surface area contributed by atoms with Crippen LogP contribution in [0.4, 0.5) is 0 Å². The summed E-state index contributed by atoms with van der Waals surface area (Å²) in [5.74, 6) is 0. The van der Waals surface area contributed by atoms with E-state index in [1.54, 1.807) is 6.08 Å². The molecule has 0 amide bonds. The summed E-state index contributed by atoms with van der Waals surface area (Å²) in [5, 5.41) is 0. The summed E-state index contributed by atoms with van der Waals surface area (Å²) in [6.07, 6.45) is 2.70. The van der Waals surface area contributed by atoms with E-state index in [0.29, 0.717) is 0 Å². The Bertz CT molecular complexity index is 175. The molecule has 0 saturated carbocycles. The van der Waals surface area contributed by atoms with Gasteiger partial charge in [-0.25, -0.2) is 0 Å². The third kappa shape index (κ3) is 2.09. The summed E-state index contributed by atoms with van der Waals surface area (Å²) < 4.78 is 0. The van der Waals surface area contributed by atoms with Crippen molar-refractivity contribution >= 4 is 0 Å². The van der Waals surface area contributed by atoms with Crippen LogP contribution in [0.5, 0.6) is 0 Å². The molecule has 1 heteroatoms. The van der Waals surface area contributed by atoms with Crippen molar-refractivity contribution in [1.82, 2.24) is 0 Å². The van der Waals surface area contributed by atoms with E-state index < -0.39 is 0 Å². The van der Waals surface area contributed by atoms with Crippen molar-refractivity contribution in [2.24, 2.45) is 5.73 Å². The first kappa shape index (κ1) is 9.02. The van der Waals surface area contributed by atoms with Crippen LogP contribution in [0.2, 0.25) is 0 Å². The zero-order valence-corrected chi connectivity index (χ0v) is 6.78. The lowest BCUT2D eigenvalue weighted by atomic mass is 10.1. The maximum Gasteiger partial charge on any atom is 0.0370 e. The average Bonchev–Trinajstić information content (AvgIpc) is 1.90. The summed E-state index contributed by atoms with van der Waals surface area (Å²) in [5.41, 5.74) is 8.46. The van der Waals surface area contributed by atoms with Crippen molar-refractivity contribution in [3.8, 4) is 0 Å². The van der Waals surface area contributed by atoms with Crippen LogP contribution in [0.25, 0.3) is 0 Å². The lowest BCUT2D eigenvalue weighted by Gasteiger charge is -2.03. The molecule has 0 spiro atoms. The smallest absolute Gasteiger partial charge is 0.0370 e. The van der Waals surface area contributed by atoms with Crippen LogP contribution in [-0.2, 0) is 0 Å². The molecule has 0 atom stereocenters. The van der Waals surface area contributed by atoms with E-state index in [0.717, 1.165) is 23.3 Å². The average molecular weight is 137 g/mol. The molecule has 0 aliphatic rings. The molecule has 0 aliphatic heterocycles. The number of hydrogen-bond donors (Lipinski definition) is 1. The summed E-state index contributed by atoms with van der Waals surface area (Å²) in [7, 11) is 0. The van der Waals surface area contributed by atoms with E-state index in [-0.39, 0.29) is 0 Å². The van der Waals surface area contributed by atoms with Gasteiger partial charge in [0.1, 0.15) is 0 Å². The second-order valence-electron chi connectivity index (χ2n) is 2.28. The maximum atomic E-state index is 5.69. The van der Waals surface area contributed by atoms with Crippen LogP contribution in [-0.4, -0.2) is 0 Å². The van der Waals surface area contributed by atoms with Gasteiger partial charge in [-0.05, 0) is 24.5 Å². The number of nitrogens with two attached hydrogens (primary N) is 1. The van der Waals surface area contributed by atoms with Crippen LogP contribution < -0.4 is 5.73 Å². The van der Waals surface area contributed by atoms with E-state index in [2.05, 4.69) is 13.2 Å². The Morgan fingerprint density at radius 1 is 1.60 bits per heavy atom. The first-order valence-electron chi connectivity index (χ1n) is 3.40. The first-order valence-corrected chi connectivity index (χ1v) is 3.40. The Morgan fingerprint density at radius 3 is 2.20 bits per heavy atom. The second-order valence-corrected chi connectivity index (χ2v) is 2.28. The third-order valence-electron chi connectivity index (χ3n) is 1.43. The highest BCUT2D eigenvalue weighted by molar-refractivity contribution is 5.34. The van der Waals surface area contributed by atoms with Crippen molar-refractivity contribution in [3.05, 3.63) is 36.1 Å². The number of hydrogen-bond acceptors (Lipinski definition) is 1. The number of allylic oxidation sites excluding steroid dienone is 3. The number of rotatable bonds is 3. The lowest BCUT2D eigenvalue weighted by Crippen LogP contribution is -2.01. The van der Waals surface area contributed by atoms with Crippen molar-refractivity contribution in [2.45, 2.75) is 20.3 Å². The molecule has 0 aromatic heterocycles. The highest BCUT2D eigenvalue weighted by Gasteiger charge is 1.96. The van der Waals surface area contributed by atoms with Crippen LogP contribution in [0.3, 0.4) is 0 Å². The van der Waals surface area contributed by atoms with Crippen molar-refractivity contribution in [3.63, 3.8) is 0 Å². The zero-order valence-electron chi connectivity index (χ0n) is 6.78. The minimum Gasteiger partial charge on any atom is -0.398 e. The Labute approximate surface area is 62.9 Å². The minimum absolute atomic E-state index is 0.775. The summed E-state index contributed by atoms with van der Waals surface area (Å²) in [4.78, 5) is 0. The van der Waals surface area contributed by atoms with E-state index in [9.17, 15) is 0 Å².